The van der Waals surface area contributed by atoms with Crippen LogP contribution in [0.4, 0.5) is 0 Å². The summed E-state index contributed by atoms with van der Waals surface area (Å²) in [6.07, 6.45) is 0. The molecule has 1 aliphatic rings. The molecule has 0 aliphatic carbocycles. The highest BCUT2D eigenvalue weighted by Gasteiger charge is 2.22. The van der Waals surface area contributed by atoms with E-state index in [2.05, 4.69) is 10.0 Å². The van der Waals surface area contributed by atoms with Crippen LogP contribution in [0, 0.1) is 0 Å². The van der Waals surface area contributed by atoms with Gasteiger partial charge in [0, 0.05) is 6.07 Å². The third-order valence-electron chi connectivity index (χ3n) is 3.50. The molecule has 0 spiro atoms. The summed E-state index contributed by atoms with van der Waals surface area (Å²) in [7, 11) is -3.69. The number of carbonyl (C=O) groups excluding carboxylic acids is 1. The number of thiophene rings is 1. The van der Waals surface area contributed by atoms with E-state index in [1.54, 1.807) is 29.6 Å². The van der Waals surface area contributed by atoms with E-state index in [1.807, 2.05) is 0 Å². The maximum Gasteiger partial charge on any atom is 0.250 e. The largest absolute Gasteiger partial charge is 0.492 e. The zero-order valence-corrected chi connectivity index (χ0v) is 15.6. The lowest BCUT2D eigenvalue weighted by molar-refractivity contribution is -0.122. The van der Waals surface area contributed by atoms with Crippen molar-refractivity contribution in [2.75, 3.05) is 19.9 Å². The number of nitrogens with one attached hydrogen (secondary N) is 2. The van der Waals surface area contributed by atoms with Gasteiger partial charge in [-0.15, -0.1) is 11.3 Å². The highest BCUT2D eigenvalue weighted by molar-refractivity contribution is 7.91. The molecule has 1 aromatic carbocycles. The Morgan fingerprint density at radius 3 is 2.88 bits per heavy atom. The topological polar surface area (TPSA) is 103 Å². The molecule has 0 bridgehead atoms. The molecule has 1 aromatic heterocycles. The summed E-state index contributed by atoms with van der Waals surface area (Å²) in [4.78, 5) is 12.0. The Bertz CT molecular complexity index is 867. The number of ether oxygens (including phenoxy) is 3. The normalized spacial score (nSPS) is 14.0. The van der Waals surface area contributed by atoms with Crippen LogP contribution in [0.1, 0.15) is 6.92 Å². The molecular weight excluding hydrogens is 380 g/mol. The molecule has 2 aromatic rings. The van der Waals surface area contributed by atoms with E-state index in [4.69, 9.17) is 14.2 Å². The predicted molar refractivity (Wildman–Crippen MR) is 95.2 cm³/mol. The molecule has 1 atom stereocenters. The molecular formula is C16H18N2O6S2. The summed E-state index contributed by atoms with van der Waals surface area (Å²) < 4.78 is 42.7. The first-order chi connectivity index (χ1) is 12.5. The summed E-state index contributed by atoms with van der Waals surface area (Å²) in [6, 6.07) is 7.42. The SMILES string of the molecule is CC(NS(=O)(=O)c1cccs1)C(=O)NCCOc1ccc2c(c1)OCO2. The summed E-state index contributed by atoms with van der Waals surface area (Å²) in [5.41, 5.74) is 0. The lowest BCUT2D eigenvalue weighted by atomic mass is 10.3. The van der Waals surface area contributed by atoms with E-state index in [-0.39, 0.29) is 24.2 Å². The number of fused-ring (bicyclic) bond motifs is 1. The summed E-state index contributed by atoms with van der Waals surface area (Å²) in [6.45, 7) is 2.14. The molecule has 10 heteroatoms. The van der Waals surface area contributed by atoms with Gasteiger partial charge < -0.3 is 19.5 Å². The van der Waals surface area contributed by atoms with Crippen LogP contribution in [0.5, 0.6) is 17.2 Å². The van der Waals surface area contributed by atoms with Crippen molar-refractivity contribution in [1.29, 1.82) is 0 Å². The molecule has 0 saturated heterocycles. The van der Waals surface area contributed by atoms with Crippen LogP contribution in [0.15, 0.2) is 39.9 Å². The van der Waals surface area contributed by atoms with Crippen LogP contribution in [-0.4, -0.2) is 40.3 Å². The zero-order valence-electron chi connectivity index (χ0n) is 13.9. The first-order valence-corrected chi connectivity index (χ1v) is 10.2. The van der Waals surface area contributed by atoms with Crippen LogP contribution in [0.25, 0.3) is 0 Å². The van der Waals surface area contributed by atoms with Gasteiger partial charge in [-0.2, -0.15) is 4.72 Å². The molecule has 140 valence electrons. The van der Waals surface area contributed by atoms with Gasteiger partial charge in [-0.3, -0.25) is 4.79 Å². The monoisotopic (exact) mass is 398 g/mol. The van der Waals surface area contributed by atoms with Crippen molar-refractivity contribution in [3.8, 4) is 17.2 Å². The standard InChI is InChI=1S/C16H18N2O6S2/c1-11(18-26(20,21)15-3-2-8-25-15)16(19)17-6-7-22-12-4-5-13-14(9-12)24-10-23-13/h2-5,8-9,11,18H,6-7,10H2,1H3,(H,17,19). The minimum Gasteiger partial charge on any atom is -0.492 e. The van der Waals surface area contributed by atoms with Crippen LogP contribution in [0.2, 0.25) is 0 Å². The van der Waals surface area contributed by atoms with Gasteiger partial charge in [0.05, 0.1) is 12.6 Å². The van der Waals surface area contributed by atoms with E-state index in [9.17, 15) is 13.2 Å². The van der Waals surface area contributed by atoms with E-state index in [0.29, 0.717) is 17.2 Å². The minimum absolute atomic E-state index is 0.170. The molecule has 0 fully saturated rings. The Morgan fingerprint density at radius 1 is 1.31 bits per heavy atom. The number of rotatable bonds is 8. The van der Waals surface area contributed by atoms with Gasteiger partial charge in [-0.25, -0.2) is 8.42 Å². The average Bonchev–Trinajstić information content (AvgIpc) is 3.29. The second-order valence-electron chi connectivity index (χ2n) is 5.43. The fourth-order valence-corrected chi connectivity index (χ4v) is 4.44. The minimum atomic E-state index is -3.69. The summed E-state index contributed by atoms with van der Waals surface area (Å²) in [5.74, 6) is 1.44. The fraction of sp³-hybridized carbons (Fsp3) is 0.312. The van der Waals surface area contributed by atoms with Crippen LogP contribution >= 0.6 is 11.3 Å². The van der Waals surface area contributed by atoms with Gasteiger partial charge in [0.15, 0.2) is 11.5 Å². The number of sulfonamides is 1. The third-order valence-corrected chi connectivity index (χ3v) is 6.44. The average molecular weight is 398 g/mol. The molecule has 3 rings (SSSR count). The number of benzene rings is 1. The van der Waals surface area contributed by atoms with Crippen molar-refractivity contribution < 1.29 is 27.4 Å². The van der Waals surface area contributed by atoms with E-state index < -0.39 is 22.0 Å². The van der Waals surface area contributed by atoms with Crippen molar-refractivity contribution in [2.45, 2.75) is 17.2 Å². The molecule has 1 amide bonds. The molecule has 1 aliphatic heterocycles. The van der Waals surface area contributed by atoms with Gasteiger partial charge >= 0.3 is 0 Å². The van der Waals surface area contributed by atoms with Crippen molar-refractivity contribution in [3.63, 3.8) is 0 Å². The number of hydrogen-bond acceptors (Lipinski definition) is 7. The highest BCUT2D eigenvalue weighted by Crippen LogP contribution is 2.34. The first kappa shape index (κ1) is 18.5. The number of hydrogen-bond donors (Lipinski definition) is 2. The van der Waals surface area contributed by atoms with Crippen LogP contribution in [0.3, 0.4) is 0 Å². The van der Waals surface area contributed by atoms with Gasteiger partial charge in [0.1, 0.15) is 16.6 Å². The second kappa shape index (κ2) is 7.94. The van der Waals surface area contributed by atoms with Crippen molar-refractivity contribution in [1.82, 2.24) is 10.0 Å². The Morgan fingerprint density at radius 2 is 2.12 bits per heavy atom. The Balaban J connectivity index is 1.42. The Kier molecular flexibility index (Phi) is 5.64. The van der Waals surface area contributed by atoms with Crippen LogP contribution in [-0.2, 0) is 14.8 Å². The summed E-state index contributed by atoms with van der Waals surface area (Å²) >= 11 is 1.09. The van der Waals surface area contributed by atoms with Crippen molar-refractivity contribution >= 4 is 27.3 Å². The van der Waals surface area contributed by atoms with Gasteiger partial charge in [0.2, 0.25) is 12.7 Å². The molecule has 26 heavy (non-hydrogen) atoms. The number of amides is 1. The molecule has 0 saturated carbocycles. The lowest BCUT2D eigenvalue weighted by Crippen LogP contribution is -2.45. The highest BCUT2D eigenvalue weighted by atomic mass is 32.2. The van der Waals surface area contributed by atoms with Gasteiger partial charge in [-0.1, -0.05) is 6.07 Å². The van der Waals surface area contributed by atoms with Crippen molar-refractivity contribution in [3.05, 3.63) is 35.7 Å². The Hall–Kier alpha value is -2.30. The summed E-state index contributed by atoms with van der Waals surface area (Å²) in [5, 5.41) is 4.29. The van der Waals surface area contributed by atoms with E-state index in [0.717, 1.165) is 11.3 Å². The molecule has 2 N–H and O–H groups in total. The fourth-order valence-electron chi connectivity index (χ4n) is 2.22. The lowest BCUT2D eigenvalue weighted by Gasteiger charge is -2.14. The molecule has 2 heterocycles. The van der Waals surface area contributed by atoms with E-state index >= 15 is 0 Å². The van der Waals surface area contributed by atoms with Crippen LogP contribution < -0.4 is 24.2 Å². The van der Waals surface area contributed by atoms with E-state index in [1.165, 1.54) is 13.0 Å². The number of carbonyl (C=O) groups is 1. The molecule has 1 unspecified atom stereocenters. The second-order valence-corrected chi connectivity index (χ2v) is 8.32. The third kappa shape index (κ3) is 4.45. The van der Waals surface area contributed by atoms with Gasteiger partial charge in [-0.05, 0) is 30.5 Å². The zero-order chi connectivity index (χ0) is 18.6. The maximum atomic E-state index is 12.1. The van der Waals surface area contributed by atoms with Gasteiger partial charge in [0.25, 0.3) is 10.0 Å². The predicted octanol–water partition coefficient (Wildman–Crippen LogP) is 1.34. The smallest absolute Gasteiger partial charge is 0.250 e. The first-order valence-electron chi connectivity index (χ1n) is 7.82. The maximum absolute atomic E-state index is 12.1. The Labute approximate surface area is 155 Å². The molecule has 8 nitrogen and oxygen atoms in total. The molecule has 0 radical (unpaired) electrons. The van der Waals surface area contributed by atoms with Crippen molar-refractivity contribution in [2.24, 2.45) is 0 Å². The quantitative estimate of drug-likeness (QED) is 0.651.